The van der Waals surface area contributed by atoms with E-state index in [0.29, 0.717) is 0 Å². The van der Waals surface area contributed by atoms with Crippen LogP contribution in [0.5, 0.6) is 0 Å². The van der Waals surface area contributed by atoms with Crippen molar-refractivity contribution in [2.75, 3.05) is 27.2 Å². The van der Waals surface area contributed by atoms with E-state index in [2.05, 4.69) is 26.1 Å². The van der Waals surface area contributed by atoms with Crippen LogP contribution in [0.3, 0.4) is 0 Å². The van der Waals surface area contributed by atoms with Crippen LogP contribution in [-0.2, 0) is 0 Å². The smallest absolute Gasteiger partial charge is 0.319 e. The molecule has 1 aliphatic heterocycles. The van der Waals surface area contributed by atoms with Crippen molar-refractivity contribution >= 4 is 6.03 Å². The van der Waals surface area contributed by atoms with Gasteiger partial charge < -0.3 is 15.1 Å². The topological polar surface area (TPSA) is 35.6 Å². The summed E-state index contributed by atoms with van der Waals surface area (Å²) in [4.78, 5) is 15.4. The fraction of sp³-hybridized carbons (Fsp3) is 0.900. The van der Waals surface area contributed by atoms with Crippen LogP contribution in [0.1, 0.15) is 20.8 Å². The lowest BCUT2D eigenvalue weighted by atomic mass is 10.00. The molecule has 1 atom stereocenters. The third kappa shape index (κ3) is 2.38. The number of urea groups is 1. The van der Waals surface area contributed by atoms with Crippen LogP contribution < -0.4 is 5.32 Å². The van der Waals surface area contributed by atoms with Crippen LogP contribution >= 0.6 is 0 Å². The standard InChI is InChI=1S/C10H21N3O/c1-8-6-11-10(2,3)7-13(8)9(14)12(4)5/h8,11H,6-7H2,1-5H3. The number of carbonyl (C=O) groups is 1. The average Bonchev–Trinajstić information content (AvgIpc) is 2.08. The zero-order valence-corrected chi connectivity index (χ0v) is 9.79. The zero-order chi connectivity index (χ0) is 10.9. The Balaban J connectivity index is 2.71. The van der Waals surface area contributed by atoms with Crippen molar-refractivity contribution in [3.8, 4) is 0 Å². The molecule has 14 heavy (non-hydrogen) atoms. The lowest BCUT2D eigenvalue weighted by molar-refractivity contribution is 0.104. The molecule has 1 saturated heterocycles. The molecule has 2 amide bonds. The van der Waals surface area contributed by atoms with E-state index in [1.54, 1.807) is 19.0 Å². The van der Waals surface area contributed by atoms with E-state index in [0.717, 1.165) is 13.1 Å². The summed E-state index contributed by atoms with van der Waals surface area (Å²) < 4.78 is 0. The van der Waals surface area contributed by atoms with Crippen LogP contribution in [0.2, 0.25) is 0 Å². The molecule has 1 heterocycles. The number of rotatable bonds is 0. The molecule has 82 valence electrons. The Morgan fingerprint density at radius 3 is 2.57 bits per heavy atom. The van der Waals surface area contributed by atoms with Crippen molar-refractivity contribution < 1.29 is 4.79 Å². The second kappa shape index (κ2) is 3.77. The molecule has 0 aromatic rings. The van der Waals surface area contributed by atoms with Gasteiger partial charge in [0.25, 0.3) is 0 Å². The molecule has 1 unspecified atom stereocenters. The highest BCUT2D eigenvalue weighted by molar-refractivity contribution is 5.74. The van der Waals surface area contributed by atoms with E-state index in [1.165, 1.54) is 0 Å². The molecule has 1 N–H and O–H groups in total. The maximum atomic E-state index is 11.8. The van der Waals surface area contributed by atoms with E-state index in [-0.39, 0.29) is 17.6 Å². The van der Waals surface area contributed by atoms with Gasteiger partial charge >= 0.3 is 6.03 Å². The highest BCUT2D eigenvalue weighted by Crippen LogP contribution is 2.15. The first-order chi connectivity index (χ1) is 6.33. The molecule has 0 radical (unpaired) electrons. The van der Waals surface area contributed by atoms with Gasteiger partial charge in [-0.2, -0.15) is 0 Å². The summed E-state index contributed by atoms with van der Waals surface area (Å²) in [7, 11) is 3.59. The number of amides is 2. The maximum Gasteiger partial charge on any atom is 0.319 e. The summed E-state index contributed by atoms with van der Waals surface area (Å²) in [6.45, 7) is 7.95. The van der Waals surface area contributed by atoms with Gasteiger partial charge in [0, 0.05) is 38.8 Å². The van der Waals surface area contributed by atoms with Gasteiger partial charge in [0.1, 0.15) is 0 Å². The Bertz CT molecular complexity index is 225. The molecule has 1 fully saturated rings. The maximum absolute atomic E-state index is 11.8. The minimum absolute atomic E-state index is 0.0260. The van der Waals surface area contributed by atoms with Crippen LogP contribution in [0.4, 0.5) is 4.79 Å². The molecule has 0 aliphatic carbocycles. The molecule has 4 nitrogen and oxygen atoms in total. The number of nitrogens with zero attached hydrogens (tertiary/aromatic N) is 2. The average molecular weight is 199 g/mol. The molecule has 1 rings (SSSR count). The van der Waals surface area contributed by atoms with E-state index >= 15 is 0 Å². The SMILES string of the molecule is CC1CNC(C)(C)CN1C(=O)N(C)C. The van der Waals surface area contributed by atoms with E-state index < -0.39 is 0 Å². The summed E-state index contributed by atoms with van der Waals surface area (Å²) >= 11 is 0. The normalized spacial score (nSPS) is 26.1. The second-order valence-corrected chi connectivity index (χ2v) is 4.92. The van der Waals surface area contributed by atoms with Gasteiger partial charge in [-0.15, -0.1) is 0 Å². The summed E-state index contributed by atoms with van der Waals surface area (Å²) in [5, 5.41) is 3.42. The van der Waals surface area contributed by atoms with E-state index in [4.69, 9.17) is 0 Å². The second-order valence-electron chi connectivity index (χ2n) is 4.92. The Hall–Kier alpha value is -0.770. The zero-order valence-electron chi connectivity index (χ0n) is 9.79. The van der Waals surface area contributed by atoms with Gasteiger partial charge in [-0.1, -0.05) is 0 Å². The molecule has 0 spiro atoms. The number of piperazine rings is 1. The van der Waals surface area contributed by atoms with Crippen molar-refractivity contribution in [2.24, 2.45) is 0 Å². The fourth-order valence-electron chi connectivity index (χ4n) is 1.68. The highest BCUT2D eigenvalue weighted by Gasteiger charge is 2.33. The first-order valence-electron chi connectivity index (χ1n) is 5.06. The number of hydrogen-bond donors (Lipinski definition) is 1. The van der Waals surface area contributed by atoms with Gasteiger partial charge in [-0.3, -0.25) is 0 Å². The van der Waals surface area contributed by atoms with Gasteiger partial charge in [0.2, 0.25) is 0 Å². The minimum Gasteiger partial charge on any atom is -0.331 e. The summed E-state index contributed by atoms with van der Waals surface area (Å²) in [6, 6.07) is 0.380. The predicted molar refractivity (Wildman–Crippen MR) is 57.3 cm³/mol. The first kappa shape index (κ1) is 11.3. The third-order valence-electron chi connectivity index (χ3n) is 2.60. The van der Waals surface area contributed by atoms with Gasteiger partial charge in [0.15, 0.2) is 0 Å². The lowest BCUT2D eigenvalue weighted by Crippen LogP contribution is -2.63. The molecule has 0 saturated carbocycles. The molecule has 4 heteroatoms. The summed E-state index contributed by atoms with van der Waals surface area (Å²) in [5.74, 6) is 0. The molecule has 0 aromatic carbocycles. The minimum atomic E-state index is 0.0260. The molecule has 0 bridgehead atoms. The highest BCUT2D eigenvalue weighted by atomic mass is 16.2. The van der Waals surface area contributed by atoms with Crippen molar-refractivity contribution in [3.63, 3.8) is 0 Å². The van der Waals surface area contributed by atoms with Crippen LogP contribution in [0, 0.1) is 0 Å². The molecular weight excluding hydrogens is 178 g/mol. The monoisotopic (exact) mass is 199 g/mol. The Kier molecular flexibility index (Phi) is 3.04. The fourth-order valence-corrected chi connectivity index (χ4v) is 1.68. The van der Waals surface area contributed by atoms with Crippen molar-refractivity contribution in [1.29, 1.82) is 0 Å². The van der Waals surface area contributed by atoms with E-state index in [9.17, 15) is 4.79 Å². The molecule has 1 aliphatic rings. The van der Waals surface area contributed by atoms with E-state index in [1.807, 2.05) is 4.90 Å². The van der Waals surface area contributed by atoms with Crippen LogP contribution in [0.15, 0.2) is 0 Å². The summed E-state index contributed by atoms with van der Waals surface area (Å²) in [6.07, 6.45) is 0. The number of carbonyl (C=O) groups excluding carboxylic acids is 1. The van der Waals surface area contributed by atoms with Crippen molar-refractivity contribution in [2.45, 2.75) is 32.4 Å². The molecule has 0 aromatic heterocycles. The van der Waals surface area contributed by atoms with Crippen LogP contribution in [-0.4, -0.2) is 54.6 Å². The lowest BCUT2D eigenvalue weighted by Gasteiger charge is -2.44. The summed E-state index contributed by atoms with van der Waals surface area (Å²) in [5.41, 5.74) is 0.0260. The third-order valence-corrected chi connectivity index (χ3v) is 2.60. The Morgan fingerprint density at radius 2 is 2.07 bits per heavy atom. The Morgan fingerprint density at radius 1 is 1.50 bits per heavy atom. The number of nitrogens with one attached hydrogen (secondary N) is 1. The Labute approximate surface area is 86.2 Å². The van der Waals surface area contributed by atoms with Crippen LogP contribution in [0.25, 0.3) is 0 Å². The van der Waals surface area contributed by atoms with Gasteiger partial charge in [-0.05, 0) is 20.8 Å². The van der Waals surface area contributed by atoms with Gasteiger partial charge in [0.05, 0.1) is 0 Å². The molecular formula is C10H21N3O. The predicted octanol–water partition coefficient (Wildman–Crippen LogP) is 0.740. The van der Waals surface area contributed by atoms with Crippen molar-refractivity contribution in [3.05, 3.63) is 0 Å². The largest absolute Gasteiger partial charge is 0.331 e. The quantitative estimate of drug-likeness (QED) is 0.624. The number of hydrogen-bond acceptors (Lipinski definition) is 2. The first-order valence-corrected chi connectivity index (χ1v) is 5.06. The van der Waals surface area contributed by atoms with Crippen molar-refractivity contribution in [1.82, 2.24) is 15.1 Å². The van der Waals surface area contributed by atoms with Gasteiger partial charge in [-0.25, -0.2) is 4.79 Å².